The lowest BCUT2D eigenvalue weighted by atomic mass is 9.95. The molecule has 1 unspecified atom stereocenters. The van der Waals surface area contributed by atoms with Gasteiger partial charge in [-0.15, -0.1) is 0 Å². The van der Waals surface area contributed by atoms with E-state index in [0.717, 1.165) is 27.8 Å². The highest BCUT2D eigenvalue weighted by Crippen LogP contribution is 2.36. The van der Waals surface area contributed by atoms with Crippen molar-refractivity contribution in [2.75, 3.05) is 6.61 Å². The lowest BCUT2D eigenvalue weighted by Gasteiger charge is -2.04. The van der Waals surface area contributed by atoms with Crippen LogP contribution in [0.25, 0.3) is 11.0 Å². The van der Waals surface area contributed by atoms with Crippen LogP contribution in [0.3, 0.4) is 0 Å². The topological polar surface area (TPSA) is 39.4 Å². The molecule has 1 aromatic heterocycles. The van der Waals surface area contributed by atoms with E-state index in [2.05, 4.69) is 0 Å². The van der Waals surface area contributed by atoms with Gasteiger partial charge in [0.2, 0.25) is 5.78 Å². The molecule has 0 N–H and O–H groups in total. The van der Waals surface area contributed by atoms with Gasteiger partial charge in [-0.2, -0.15) is 0 Å². The third kappa shape index (κ3) is 1.85. The molecule has 0 fully saturated rings. The van der Waals surface area contributed by atoms with Crippen LogP contribution in [-0.2, 0) is 0 Å². The van der Waals surface area contributed by atoms with Gasteiger partial charge in [0.15, 0.2) is 5.76 Å². The van der Waals surface area contributed by atoms with Gasteiger partial charge in [-0.1, -0.05) is 36.4 Å². The SMILES string of the molecule is Cc1cccc2cc(C(=O)C3COc4ccccc43)oc12. The molecule has 3 nitrogen and oxygen atoms in total. The Kier molecular flexibility index (Phi) is 2.61. The maximum atomic E-state index is 12.7. The van der Waals surface area contributed by atoms with Crippen LogP contribution < -0.4 is 4.74 Å². The van der Waals surface area contributed by atoms with E-state index in [1.54, 1.807) is 0 Å². The van der Waals surface area contributed by atoms with E-state index in [4.69, 9.17) is 9.15 Å². The average Bonchev–Trinajstić information content (AvgIpc) is 3.11. The number of fused-ring (bicyclic) bond motifs is 2. The fourth-order valence-corrected chi connectivity index (χ4v) is 2.88. The Morgan fingerprint density at radius 3 is 2.86 bits per heavy atom. The first-order chi connectivity index (χ1) is 10.2. The van der Waals surface area contributed by atoms with E-state index in [9.17, 15) is 4.79 Å². The molecule has 2 aromatic carbocycles. The first-order valence-electron chi connectivity index (χ1n) is 6.99. The highest BCUT2D eigenvalue weighted by molar-refractivity contribution is 6.02. The summed E-state index contributed by atoms with van der Waals surface area (Å²) in [5, 5.41) is 0.963. The normalized spacial score (nSPS) is 16.7. The molecule has 0 bridgehead atoms. The van der Waals surface area contributed by atoms with Crippen molar-refractivity contribution in [1.29, 1.82) is 0 Å². The molecule has 21 heavy (non-hydrogen) atoms. The van der Waals surface area contributed by atoms with Gasteiger partial charge < -0.3 is 9.15 Å². The molecule has 0 amide bonds. The Balaban J connectivity index is 1.76. The quantitative estimate of drug-likeness (QED) is 0.662. The van der Waals surface area contributed by atoms with E-state index in [0.29, 0.717) is 12.4 Å². The Bertz CT molecular complexity index is 845. The van der Waals surface area contributed by atoms with Gasteiger partial charge in [-0.25, -0.2) is 0 Å². The summed E-state index contributed by atoms with van der Waals surface area (Å²) in [6.07, 6.45) is 0. The van der Waals surface area contributed by atoms with Crippen LogP contribution >= 0.6 is 0 Å². The standard InChI is InChI=1S/C18H14O3/c1-11-5-4-6-12-9-16(21-18(11)12)17(19)14-10-20-15-8-3-2-7-13(14)15/h2-9,14H,10H2,1H3. The maximum Gasteiger partial charge on any atom is 0.209 e. The lowest BCUT2D eigenvalue weighted by Crippen LogP contribution is -2.13. The monoisotopic (exact) mass is 278 g/mol. The zero-order valence-corrected chi connectivity index (χ0v) is 11.6. The number of ether oxygens (including phenoxy) is 1. The third-order valence-electron chi connectivity index (χ3n) is 4.00. The average molecular weight is 278 g/mol. The second kappa shape index (κ2) is 4.48. The second-order valence-electron chi connectivity index (χ2n) is 5.37. The number of hydrogen-bond donors (Lipinski definition) is 0. The third-order valence-corrected chi connectivity index (χ3v) is 4.00. The summed E-state index contributed by atoms with van der Waals surface area (Å²) < 4.78 is 11.4. The number of benzene rings is 2. The molecule has 1 aliphatic heterocycles. The van der Waals surface area contributed by atoms with Gasteiger partial charge in [-0.05, 0) is 24.6 Å². The molecule has 0 saturated heterocycles. The molecular weight excluding hydrogens is 264 g/mol. The smallest absolute Gasteiger partial charge is 0.209 e. The molecule has 2 heterocycles. The number of hydrogen-bond acceptors (Lipinski definition) is 3. The molecule has 4 rings (SSSR count). The lowest BCUT2D eigenvalue weighted by molar-refractivity contribution is 0.0922. The van der Waals surface area contributed by atoms with Crippen LogP contribution in [0, 0.1) is 6.92 Å². The number of furan rings is 1. The van der Waals surface area contributed by atoms with E-state index in [1.165, 1.54) is 0 Å². The summed E-state index contributed by atoms with van der Waals surface area (Å²) >= 11 is 0. The van der Waals surface area contributed by atoms with Crippen LogP contribution in [-0.4, -0.2) is 12.4 Å². The van der Waals surface area contributed by atoms with Crippen molar-refractivity contribution in [3.05, 3.63) is 65.4 Å². The number of aryl methyl sites for hydroxylation is 1. The van der Waals surface area contributed by atoms with Crippen LogP contribution in [0.5, 0.6) is 5.75 Å². The van der Waals surface area contributed by atoms with E-state index >= 15 is 0 Å². The zero-order valence-electron chi connectivity index (χ0n) is 11.6. The summed E-state index contributed by atoms with van der Waals surface area (Å²) in [6.45, 7) is 2.36. The second-order valence-corrected chi connectivity index (χ2v) is 5.37. The van der Waals surface area contributed by atoms with Crippen LogP contribution in [0.4, 0.5) is 0 Å². The van der Waals surface area contributed by atoms with Gasteiger partial charge in [-0.3, -0.25) is 4.79 Å². The number of carbonyl (C=O) groups excluding carboxylic acids is 1. The highest BCUT2D eigenvalue weighted by Gasteiger charge is 2.32. The number of carbonyl (C=O) groups is 1. The first kappa shape index (κ1) is 12.2. The van der Waals surface area contributed by atoms with Gasteiger partial charge >= 0.3 is 0 Å². The van der Waals surface area contributed by atoms with Crippen molar-refractivity contribution in [2.24, 2.45) is 0 Å². The van der Waals surface area contributed by atoms with Crippen molar-refractivity contribution < 1.29 is 13.9 Å². The highest BCUT2D eigenvalue weighted by atomic mass is 16.5. The maximum absolute atomic E-state index is 12.7. The largest absolute Gasteiger partial charge is 0.492 e. The Morgan fingerprint density at radius 1 is 1.14 bits per heavy atom. The van der Waals surface area contributed by atoms with Crippen LogP contribution in [0.15, 0.2) is 52.9 Å². The molecule has 3 aromatic rings. The molecule has 0 radical (unpaired) electrons. The number of Topliss-reactive ketones (excluding diaryl/α,β-unsaturated/α-hetero) is 1. The van der Waals surface area contributed by atoms with Gasteiger partial charge in [0, 0.05) is 10.9 Å². The summed E-state index contributed by atoms with van der Waals surface area (Å²) in [5.41, 5.74) is 2.77. The molecular formula is C18H14O3. The van der Waals surface area contributed by atoms with Crippen LogP contribution in [0.1, 0.15) is 27.6 Å². The number of ketones is 1. The van der Waals surface area contributed by atoms with Crippen molar-refractivity contribution in [3.8, 4) is 5.75 Å². The Morgan fingerprint density at radius 2 is 2.00 bits per heavy atom. The minimum atomic E-state index is -0.276. The van der Waals surface area contributed by atoms with Gasteiger partial charge in [0.05, 0.1) is 5.92 Å². The molecule has 0 spiro atoms. The zero-order chi connectivity index (χ0) is 14.4. The minimum absolute atomic E-state index is 0.0180. The van der Waals surface area contributed by atoms with E-state index in [-0.39, 0.29) is 11.7 Å². The van der Waals surface area contributed by atoms with Gasteiger partial charge in [0.1, 0.15) is 17.9 Å². The van der Waals surface area contributed by atoms with E-state index < -0.39 is 0 Å². The fraction of sp³-hybridized carbons (Fsp3) is 0.167. The summed E-state index contributed by atoms with van der Waals surface area (Å²) in [6, 6.07) is 15.4. The molecule has 3 heteroatoms. The molecule has 1 aliphatic rings. The Labute approximate surface area is 122 Å². The minimum Gasteiger partial charge on any atom is -0.492 e. The van der Waals surface area contributed by atoms with Crippen molar-refractivity contribution in [3.63, 3.8) is 0 Å². The molecule has 1 atom stereocenters. The predicted molar refractivity (Wildman–Crippen MR) is 80.0 cm³/mol. The molecule has 0 saturated carbocycles. The van der Waals surface area contributed by atoms with Crippen molar-refractivity contribution in [2.45, 2.75) is 12.8 Å². The van der Waals surface area contributed by atoms with Crippen molar-refractivity contribution >= 4 is 16.8 Å². The van der Waals surface area contributed by atoms with Gasteiger partial charge in [0.25, 0.3) is 0 Å². The fourth-order valence-electron chi connectivity index (χ4n) is 2.88. The summed E-state index contributed by atoms with van der Waals surface area (Å²) in [7, 11) is 0. The predicted octanol–water partition coefficient (Wildman–Crippen LogP) is 4.10. The first-order valence-corrected chi connectivity index (χ1v) is 6.99. The molecule has 0 aliphatic carbocycles. The van der Waals surface area contributed by atoms with Crippen LogP contribution in [0.2, 0.25) is 0 Å². The molecule has 104 valence electrons. The van der Waals surface area contributed by atoms with E-state index in [1.807, 2.05) is 55.5 Å². The number of para-hydroxylation sites is 2. The summed E-state index contributed by atoms with van der Waals surface area (Å²) in [4.78, 5) is 12.7. The number of rotatable bonds is 2. The Hall–Kier alpha value is -2.55. The summed E-state index contributed by atoms with van der Waals surface area (Å²) in [5.74, 6) is 0.908. The van der Waals surface area contributed by atoms with Crippen molar-refractivity contribution in [1.82, 2.24) is 0 Å².